The Balaban J connectivity index is 1.95. The van der Waals surface area contributed by atoms with Crippen LogP contribution >= 0.6 is 0 Å². The summed E-state index contributed by atoms with van der Waals surface area (Å²) in [5, 5.41) is 3.75. The van der Waals surface area contributed by atoms with Gasteiger partial charge in [-0.1, -0.05) is 47.5 Å². The first-order valence-corrected chi connectivity index (χ1v) is 9.36. The normalized spacial score (nSPS) is 38.9. The molecule has 0 amide bonds. The molecule has 0 spiro atoms. The molecule has 1 saturated carbocycles. The maximum absolute atomic E-state index is 3.75. The molecule has 1 aliphatic heterocycles. The summed E-state index contributed by atoms with van der Waals surface area (Å²) in [7, 11) is 0. The maximum Gasteiger partial charge on any atom is 0.00503 e. The van der Waals surface area contributed by atoms with E-state index in [0.717, 1.165) is 17.8 Å². The van der Waals surface area contributed by atoms with Crippen LogP contribution in [0.4, 0.5) is 0 Å². The molecule has 2 atom stereocenters. The third-order valence-electron chi connectivity index (χ3n) is 6.20. The molecule has 1 aliphatic carbocycles. The number of rotatable bonds is 5. The van der Waals surface area contributed by atoms with Gasteiger partial charge in [-0.05, 0) is 49.0 Å². The van der Waals surface area contributed by atoms with Gasteiger partial charge in [0.2, 0.25) is 0 Å². The standard InChI is InChI=1S/C19H38N2/c1-15(2)20-13-19(9-6-16(3)7-10-19)14-21-11-8-17(4)18(5)12-21/h15-18,20H,6-14H2,1-5H3. The predicted octanol–water partition coefficient (Wildman–Crippen LogP) is 4.16. The van der Waals surface area contributed by atoms with E-state index in [1.165, 1.54) is 58.3 Å². The van der Waals surface area contributed by atoms with Gasteiger partial charge >= 0.3 is 0 Å². The first kappa shape index (κ1) is 17.3. The summed E-state index contributed by atoms with van der Waals surface area (Å²) in [5.74, 6) is 2.73. The van der Waals surface area contributed by atoms with Gasteiger partial charge < -0.3 is 10.2 Å². The van der Waals surface area contributed by atoms with Crippen LogP contribution in [0.2, 0.25) is 0 Å². The minimum absolute atomic E-state index is 0.539. The Labute approximate surface area is 133 Å². The van der Waals surface area contributed by atoms with E-state index in [4.69, 9.17) is 0 Å². The van der Waals surface area contributed by atoms with Crippen molar-refractivity contribution in [3.8, 4) is 0 Å². The van der Waals surface area contributed by atoms with Crippen molar-refractivity contribution in [2.24, 2.45) is 23.2 Å². The molecular weight excluding hydrogens is 256 g/mol. The first-order valence-electron chi connectivity index (χ1n) is 9.36. The monoisotopic (exact) mass is 294 g/mol. The van der Waals surface area contributed by atoms with Crippen LogP contribution < -0.4 is 5.32 Å². The van der Waals surface area contributed by atoms with Crippen LogP contribution in [0.3, 0.4) is 0 Å². The molecule has 1 saturated heterocycles. The largest absolute Gasteiger partial charge is 0.314 e. The number of nitrogens with zero attached hydrogens (tertiary/aromatic N) is 1. The van der Waals surface area contributed by atoms with Crippen LogP contribution in [0.25, 0.3) is 0 Å². The van der Waals surface area contributed by atoms with Crippen molar-refractivity contribution in [2.45, 2.75) is 72.8 Å². The van der Waals surface area contributed by atoms with Gasteiger partial charge in [0.05, 0.1) is 0 Å². The van der Waals surface area contributed by atoms with Crippen molar-refractivity contribution in [1.82, 2.24) is 10.2 Å². The Hall–Kier alpha value is -0.0800. The zero-order valence-electron chi connectivity index (χ0n) is 15.1. The van der Waals surface area contributed by atoms with Crippen LogP contribution in [0.5, 0.6) is 0 Å². The van der Waals surface area contributed by atoms with Crippen LogP contribution in [0.1, 0.15) is 66.7 Å². The summed E-state index contributed by atoms with van der Waals surface area (Å²) in [4.78, 5) is 2.78. The molecule has 1 N–H and O–H groups in total. The molecule has 124 valence electrons. The fourth-order valence-corrected chi connectivity index (χ4v) is 4.15. The van der Waals surface area contributed by atoms with Gasteiger partial charge in [0, 0.05) is 25.7 Å². The molecule has 2 nitrogen and oxygen atoms in total. The van der Waals surface area contributed by atoms with Gasteiger partial charge in [-0.25, -0.2) is 0 Å². The number of nitrogens with one attached hydrogen (secondary N) is 1. The summed E-state index contributed by atoms with van der Waals surface area (Å²) in [6, 6.07) is 0.613. The summed E-state index contributed by atoms with van der Waals surface area (Å²) in [6.07, 6.45) is 7.10. The lowest BCUT2D eigenvalue weighted by Crippen LogP contribution is -2.50. The molecule has 0 aromatic heterocycles. The van der Waals surface area contributed by atoms with E-state index in [0.29, 0.717) is 11.5 Å². The highest BCUT2D eigenvalue weighted by Crippen LogP contribution is 2.40. The molecule has 0 radical (unpaired) electrons. The van der Waals surface area contributed by atoms with Gasteiger partial charge in [-0.2, -0.15) is 0 Å². The second-order valence-corrected chi connectivity index (χ2v) is 8.70. The van der Waals surface area contributed by atoms with Crippen LogP contribution in [0, 0.1) is 23.2 Å². The summed E-state index contributed by atoms with van der Waals surface area (Å²) in [6.45, 7) is 17.1. The van der Waals surface area contributed by atoms with Crippen LogP contribution in [0.15, 0.2) is 0 Å². The molecule has 21 heavy (non-hydrogen) atoms. The van der Waals surface area contributed by atoms with Crippen molar-refractivity contribution < 1.29 is 0 Å². The summed E-state index contributed by atoms with van der Waals surface area (Å²) in [5.41, 5.74) is 0.539. The van der Waals surface area contributed by atoms with Crippen LogP contribution in [-0.2, 0) is 0 Å². The van der Waals surface area contributed by atoms with E-state index in [2.05, 4.69) is 44.8 Å². The molecular formula is C19H38N2. The molecule has 2 unspecified atom stereocenters. The highest BCUT2D eigenvalue weighted by Gasteiger charge is 2.37. The lowest BCUT2D eigenvalue weighted by Gasteiger charge is -2.46. The molecule has 2 rings (SSSR count). The molecule has 2 fully saturated rings. The van der Waals surface area contributed by atoms with Crippen molar-refractivity contribution in [3.63, 3.8) is 0 Å². The van der Waals surface area contributed by atoms with E-state index in [9.17, 15) is 0 Å². The van der Waals surface area contributed by atoms with Crippen molar-refractivity contribution in [2.75, 3.05) is 26.2 Å². The van der Waals surface area contributed by atoms with E-state index >= 15 is 0 Å². The minimum atomic E-state index is 0.539. The van der Waals surface area contributed by atoms with Gasteiger partial charge in [0.25, 0.3) is 0 Å². The van der Waals surface area contributed by atoms with E-state index in [1.807, 2.05) is 0 Å². The maximum atomic E-state index is 3.75. The van der Waals surface area contributed by atoms with Crippen molar-refractivity contribution >= 4 is 0 Å². The highest BCUT2D eigenvalue weighted by atomic mass is 15.1. The molecule has 1 heterocycles. The lowest BCUT2D eigenvalue weighted by atomic mass is 9.70. The molecule has 2 aliphatic rings. The van der Waals surface area contributed by atoms with Gasteiger partial charge in [0.1, 0.15) is 0 Å². The average molecular weight is 295 g/mol. The second kappa shape index (κ2) is 7.46. The number of piperidine rings is 1. The highest BCUT2D eigenvalue weighted by molar-refractivity contribution is 4.91. The molecule has 0 bridgehead atoms. The zero-order chi connectivity index (χ0) is 15.5. The third kappa shape index (κ3) is 4.96. The number of hydrogen-bond acceptors (Lipinski definition) is 2. The molecule has 0 aromatic rings. The Morgan fingerprint density at radius 2 is 1.71 bits per heavy atom. The fraction of sp³-hybridized carbons (Fsp3) is 1.00. The van der Waals surface area contributed by atoms with E-state index in [-0.39, 0.29) is 0 Å². The second-order valence-electron chi connectivity index (χ2n) is 8.70. The van der Waals surface area contributed by atoms with Crippen LogP contribution in [-0.4, -0.2) is 37.1 Å². The number of hydrogen-bond donors (Lipinski definition) is 1. The van der Waals surface area contributed by atoms with E-state index in [1.54, 1.807) is 0 Å². The SMILES string of the molecule is CC1CCC(CNC(C)C)(CN2CCC(C)C(C)C2)CC1. The van der Waals surface area contributed by atoms with Crippen molar-refractivity contribution in [3.05, 3.63) is 0 Å². The Bertz CT molecular complexity index is 305. The number of likely N-dealkylation sites (tertiary alicyclic amines) is 1. The summed E-state index contributed by atoms with van der Waals surface area (Å²) < 4.78 is 0. The van der Waals surface area contributed by atoms with Crippen molar-refractivity contribution in [1.29, 1.82) is 0 Å². The Morgan fingerprint density at radius 3 is 2.29 bits per heavy atom. The Kier molecular flexibility index (Phi) is 6.14. The average Bonchev–Trinajstić information content (AvgIpc) is 2.44. The quantitative estimate of drug-likeness (QED) is 0.819. The van der Waals surface area contributed by atoms with Gasteiger partial charge in [0.15, 0.2) is 0 Å². The van der Waals surface area contributed by atoms with E-state index < -0.39 is 0 Å². The fourth-order valence-electron chi connectivity index (χ4n) is 4.15. The Morgan fingerprint density at radius 1 is 1.05 bits per heavy atom. The predicted molar refractivity (Wildman–Crippen MR) is 92.6 cm³/mol. The lowest BCUT2D eigenvalue weighted by molar-refractivity contribution is 0.0493. The molecule has 2 heteroatoms. The topological polar surface area (TPSA) is 15.3 Å². The third-order valence-corrected chi connectivity index (χ3v) is 6.20. The van der Waals surface area contributed by atoms with Gasteiger partial charge in [-0.15, -0.1) is 0 Å². The van der Waals surface area contributed by atoms with Gasteiger partial charge in [-0.3, -0.25) is 0 Å². The smallest absolute Gasteiger partial charge is 0.00503 e. The first-order chi connectivity index (χ1) is 9.90. The zero-order valence-corrected chi connectivity index (χ0v) is 15.1. The summed E-state index contributed by atoms with van der Waals surface area (Å²) >= 11 is 0. The minimum Gasteiger partial charge on any atom is -0.314 e. The molecule has 0 aromatic carbocycles.